The summed E-state index contributed by atoms with van der Waals surface area (Å²) in [7, 11) is 0. The van der Waals surface area contributed by atoms with Crippen LogP contribution in [0.25, 0.3) is 5.69 Å². The molecular formula is C13H14N4S. The average molecular weight is 258 g/mol. The Kier molecular flexibility index (Phi) is 3.68. The molecule has 0 fully saturated rings. The highest BCUT2D eigenvalue weighted by Gasteiger charge is 2.14. The molecule has 0 spiro atoms. The molecule has 0 amide bonds. The molecule has 92 valence electrons. The molecule has 4 nitrogen and oxygen atoms in total. The monoisotopic (exact) mass is 258 g/mol. The van der Waals surface area contributed by atoms with Crippen LogP contribution in [0.4, 0.5) is 0 Å². The number of aromatic nitrogens is 3. The number of rotatable bonds is 3. The van der Waals surface area contributed by atoms with E-state index in [0.29, 0.717) is 0 Å². The van der Waals surface area contributed by atoms with Crippen molar-refractivity contribution in [2.45, 2.75) is 31.2 Å². The second-order valence-electron chi connectivity index (χ2n) is 4.09. The number of nitrogens with zero attached hydrogens (tertiary/aromatic N) is 4. The van der Waals surface area contributed by atoms with Gasteiger partial charge in [-0.2, -0.15) is 5.26 Å². The van der Waals surface area contributed by atoms with E-state index < -0.39 is 0 Å². The molecule has 0 aliphatic rings. The Bertz CT molecular complexity index is 597. The number of hydrogen-bond donors (Lipinski definition) is 0. The molecule has 1 aromatic heterocycles. The van der Waals surface area contributed by atoms with E-state index >= 15 is 0 Å². The van der Waals surface area contributed by atoms with Crippen LogP contribution in [0, 0.1) is 25.2 Å². The summed E-state index contributed by atoms with van der Waals surface area (Å²) in [5.74, 6) is 0.827. The maximum Gasteiger partial charge on any atom is 0.197 e. The van der Waals surface area contributed by atoms with E-state index in [1.54, 1.807) is 0 Å². The van der Waals surface area contributed by atoms with Crippen molar-refractivity contribution in [2.75, 3.05) is 0 Å². The van der Waals surface area contributed by atoms with E-state index in [0.717, 1.165) is 16.7 Å². The highest BCUT2D eigenvalue weighted by atomic mass is 32.2. The van der Waals surface area contributed by atoms with Gasteiger partial charge in [0.25, 0.3) is 0 Å². The molecule has 0 unspecified atom stereocenters. The van der Waals surface area contributed by atoms with E-state index in [1.807, 2.05) is 43.5 Å². The molecule has 1 aromatic carbocycles. The molecule has 1 atom stereocenters. The SMILES string of the molecule is Cc1cccc(-n2c(C)nnc2S[C@@H](C)C#N)c1. The van der Waals surface area contributed by atoms with Crippen molar-refractivity contribution in [2.24, 2.45) is 0 Å². The minimum Gasteiger partial charge on any atom is -0.274 e. The zero-order chi connectivity index (χ0) is 13.1. The second kappa shape index (κ2) is 5.23. The molecule has 0 saturated carbocycles. The summed E-state index contributed by atoms with van der Waals surface area (Å²) in [4.78, 5) is 0. The number of thioether (sulfide) groups is 1. The van der Waals surface area contributed by atoms with Crippen LogP contribution in [0.15, 0.2) is 29.4 Å². The number of benzene rings is 1. The van der Waals surface area contributed by atoms with Crippen LogP contribution in [0.3, 0.4) is 0 Å². The van der Waals surface area contributed by atoms with Crippen LogP contribution in [-0.4, -0.2) is 20.0 Å². The van der Waals surface area contributed by atoms with Gasteiger partial charge in [0, 0.05) is 5.69 Å². The van der Waals surface area contributed by atoms with Gasteiger partial charge in [-0.3, -0.25) is 4.57 Å². The maximum absolute atomic E-state index is 8.88. The lowest BCUT2D eigenvalue weighted by molar-refractivity contribution is 0.865. The lowest BCUT2D eigenvalue weighted by Gasteiger charge is -2.09. The summed E-state index contributed by atoms with van der Waals surface area (Å²) in [6.45, 7) is 5.82. The molecule has 0 aliphatic carbocycles. The van der Waals surface area contributed by atoms with Gasteiger partial charge in [0.15, 0.2) is 5.16 Å². The first kappa shape index (κ1) is 12.7. The zero-order valence-electron chi connectivity index (χ0n) is 10.6. The Hall–Kier alpha value is -1.80. The van der Waals surface area contributed by atoms with Crippen molar-refractivity contribution in [1.82, 2.24) is 14.8 Å². The van der Waals surface area contributed by atoms with Crippen LogP contribution in [0.5, 0.6) is 0 Å². The molecule has 0 aliphatic heterocycles. The third-order valence-electron chi connectivity index (χ3n) is 2.52. The van der Waals surface area contributed by atoms with Crippen molar-refractivity contribution in [1.29, 1.82) is 5.26 Å². The first-order valence-corrected chi connectivity index (χ1v) is 6.55. The number of aryl methyl sites for hydroxylation is 2. The van der Waals surface area contributed by atoms with Crippen LogP contribution in [0.2, 0.25) is 0 Å². The van der Waals surface area contributed by atoms with E-state index in [-0.39, 0.29) is 5.25 Å². The molecule has 5 heteroatoms. The molecule has 0 N–H and O–H groups in total. The quantitative estimate of drug-likeness (QED) is 0.794. The van der Waals surface area contributed by atoms with Crippen molar-refractivity contribution in [3.8, 4) is 11.8 Å². The Morgan fingerprint density at radius 1 is 1.33 bits per heavy atom. The van der Waals surface area contributed by atoms with Crippen LogP contribution < -0.4 is 0 Å². The van der Waals surface area contributed by atoms with Gasteiger partial charge >= 0.3 is 0 Å². The predicted molar refractivity (Wildman–Crippen MR) is 71.8 cm³/mol. The lowest BCUT2D eigenvalue weighted by Crippen LogP contribution is -2.01. The highest BCUT2D eigenvalue weighted by molar-refractivity contribution is 8.00. The van der Waals surface area contributed by atoms with E-state index in [2.05, 4.69) is 22.3 Å². The van der Waals surface area contributed by atoms with Gasteiger partial charge in [0.1, 0.15) is 5.82 Å². The van der Waals surface area contributed by atoms with Gasteiger partial charge in [-0.15, -0.1) is 10.2 Å². The summed E-state index contributed by atoms with van der Waals surface area (Å²) >= 11 is 1.42. The summed E-state index contributed by atoms with van der Waals surface area (Å²) in [5, 5.41) is 17.7. The van der Waals surface area contributed by atoms with Crippen LogP contribution >= 0.6 is 11.8 Å². The van der Waals surface area contributed by atoms with Crippen molar-refractivity contribution < 1.29 is 0 Å². The standard InChI is InChI=1S/C13H14N4S/c1-9-5-4-6-12(7-9)17-11(3)15-16-13(17)18-10(2)8-14/h4-7,10H,1-3H3/t10-/m0/s1. The largest absolute Gasteiger partial charge is 0.274 e. The third-order valence-corrected chi connectivity index (χ3v) is 3.45. The van der Waals surface area contributed by atoms with Crippen molar-refractivity contribution in [3.05, 3.63) is 35.7 Å². The predicted octanol–water partition coefficient (Wildman–Crippen LogP) is 2.89. The molecule has 0 radical (unpaired) electrons. The van der Waals surface area contributed by atoms with E-state index in [1.165, 1.54) is 17.3 Å². The smallest absolute Gasteiger partial charge is 0.197 e. The van der Waals surface area contributed by atoms with Crippen LogP contribution in [0.1, 0.15) is 18.3 Å². The molecule has 1 heterocycles. The Morgan fingerprint density at radius 2 is 2.11 bits per heavy atom. The molecular weight excluding hydrogens is 244 g/mol. The fourth-order valence-corrected chi connectivity index (χ4v) is 2.47. The Morgan fingerprint density at radius 3 is 2.78 bits per heavy atom. The second-order valence-corrected chi connectivity index (χ2v) is 5.40. The van der Waals surface area contributed by atoms with E-state index in [4.69, 9.17) is 5.26 Å². The summed E-state index contributed by atoms with van der Waals surface area (Å²) < 4.78 is 1.98. The van der Waals surface area contributed by atoms with Crippen molar-refractivity contribution in [3.63, 3.8) is 0 Å². The first-order chi connectivity index (χ1) is 8.61. The topological polar surface area (TPSA) is 54.5 Å². The first-order valence-electron chi connectivity index (χ1n) is 5.67. The minimum absolute atomic E-state index is 0.142. The summed E-state index contributed by atoms with van der Waals surface area (Å²) in [6, 6.07) is 10.3. The average Bonchev–Trinajstić information content (AvgIpc) is 2.70. The zero-order valence-corrected chi connectivity index (χ0v) is 11.4. The van der Waals surface area contributed by atoms with Gasteiger partial charge in [-0.1, -0.05) is 23.9 Å². The Labute approximate surface area is 111 Å². The normalized spacial score (nSPS) is 12.1. The minimum atomic E-state index is -0.142. The third kappa shape index (κ3) is 2.54. The van der Waals surface area contributed by atoms with Crippen LogP contribution in [-0.2, 0) is 0 Å². The fraction of sp³-hybridized carbons (Fsp3) is 0.308. The lowest BCUT2D eigenvalue weighted by atomic mass is 10.2. The molecule has 2 aromatic rings. The van der Waals surface area contributed by atoms with Gasteiger partial charge in [-0.05, 0) is 38.5 Å². The van der Waals surface area contributed by atoms with Gasteiger partial charge < -0.3 is 0 Å². The summed E-state index contributed by atoms with van der Waals surface area (Å²) in [6.07, 6.45) is 0. The summed E-state index contributed by atoms with van der Waals surface area (Å²) in [5.41, 5.74) is 2.22. The highest BCUT2D eigenvalue weighted by Crippen LogP contribution is 2.25. The van der Waals surface area contributed by atoms with Crippen molar-refractivity contribution >= 4 is 11.8 Å². The van der Waals surface area contributed by atoms with Gasteiger partial charge in [-0.25, -0.2) is 0 Å². The molecule has 0 bridgehead atoms. The van der Waals surface area contributed by atoms with Gasteiger partial charge in [0.05, 0.1) is 11.3 Å². The molecule has 0 saturated heterocycles. The van der Waals surface area contributed by atoms with Gasteiger partial charge in [0.2, 0.25) is 0 Å². The fourth-order valence-electron chi connectivity index (χ4n) is 1.67. The van der Waals surface area contributed by atoms with E-state index in [9.17, 15) is 0 Å². The number of hydrogen-bond acceptors (Lipinski definition) is 4. The Balaban J connectivity index is 2.44. The number of nitriles is 1. The maximum atomic E-state index is 8.88. The molecule has 2 rings (SSSR count). The molecule has 18 heavy (non-hydrogen) atoms.